The van der Waals surface area contributed by atoms with Gasteiger partial charge in [-0.1, -0.05) is 18.2 Å². The number of amidine groups is 1. The van der Waals surface area contributed by atoms with Gasteiger partial charge in [0.25, 0.3) is 0 Å². The highest BCUT2D eigenvalue weighted by molar-refractivity contribution is 5.91. The average Bonchev–Trinajstić information content (AvgIpc) is 2.73. The van der Waals surface area contributed by atoms with Crippen LogP contribution in [0, 0.1) is 6.92 Å². The molecule has 1 aliphatic rings. The van der Waals surface area contributed by atoms with E-state index in [4.69, 9.17) is 0 Å². The highest BCUT2D eigenvalue weighted by Gasteiger charge is 2.22. The molecule has 0 bridgehead atoms. The highest BCUT2D eigenvalue weighted by Crippen LogP contribution is 2.14. The number of para-hydroxylation sites is 1. The molecule has 2 N–H and O–H groups in total. The summed E-state index contributed by atoms with van der Waals surface area (Å²) in [5.74, 6) is 1.06. The van der Waals surface area contributed by atoms with Gasteiger partial charge in [0.2, 0.25) is 11.5 Å². The van der Waals surface area contributed by atoms with Crippen molar-refractivity contribution >= 4 is 11.5 Å². The van der Waals surface area contributed by atoms with Crippen molar-refractivity contribution in [1.82, 2.24) is 9.36 Å². The minimum Gasteiger partial charge on any atom is -0.281 e. The van der Waals surface area contributed by atoms with Gasteiger partial charge in [0.05, 0.1) is 17.9 Å². The Labute approximate surface area is 130 Å². The summed E-state index contributed by atoms with van der Waals surface area (Å²) in [7, 11) is 1.92. The summed E-state index contributed by atoms with van der Waals surface area (Å²) < 4.78 is 3.60. The van der Waals surface area contributed by atoms with Gasteiger partial charge in [-0.05, 0) is 38.3 Å². The average molecular weight is 299 g/mol. The first-order valence-corrected chi connectivity index (χ1v) is 7.89. The number of nitrogens with one attached hydrogen (secondary N) is 2. The molecule has 0 fully saturated rings. The van der Waals surface area contributed by atoms with Gasteiger partial charge in [-0.3, -0.25) is 14.5 Å². The van der Waals surface area contributed by atoms with Gasteiger partial charge < -0.3 is 0 Å². The van der Waals surface area contributed by atoms with Gasteiger partial charge in [0.1, 0.15) is 0 Å². The van der Waals surface area contributed by atoms with Gasteiger partial charge in [-0.2, -0.15) is 0 Å². The number of hydrogen-bond acceptors (Lipinski definition) is 2. The van der Waals surface area contributed by atoms with Crippen molar-refractivity contribution in [2.24, 2.45) is 7.05 Å². The van der Waals surface area contributed by atoms with Crippen molar-refractivity contribution in [2.45, 2.75) is 32.6 Å². The molecule has 0 saturated heterocycles. The molecule has 0 radical (unpaired) electrons. The van der Waals surface area contributed by atoms with Crippen LogP contribution in [0.2, 0.25) is 0 Å². The standard InChI is InChI=1S/C17H22N4O/c1-13-16(19-15-11-7-4-8-12-18-15)17(22)21(20(13)2)14-9-5-3-6-10-14/h3,5-6,9-10H,4,7-8,11-12H2,1-2H3,(H,18,19)/p+1. The fourth-order valence-electron chi connectivity index (χ4n) is 2.90. The third-order valence-electron chi connectivity index (χ3n) is 4.27. The zero-order chi connectivity index (χ0) is 15.5. The van der Waals surface area contributed by atoms with Crippen LogP contribution in [-0.4, -0.2) is 21.7 Å². The predicted molar refractivity (Wildman–Crippen MR) is 88.7 cm³/mol. The maximum atomic E-state index is 12.8. The Morgan fingerprint density at radius 2 is 1.91 bits per heavy atom. The highest BCUT2D eigenvalue weighted by atomic mass is 16.1. The van der Waals surface area contributed by atoms with Crippen molar-refractivity contribution in [1.29, 1.82) is 0 Å². The lowest BCUT2D eigenvalue weighted by Crippen LogP contribution is -2.74. The number of aromatic nitrogens is 2. The zero-order valence-electron chi connectivity index (χ0n) is 13.2. The number of benzene rings is 1. The molecule has 22 heavy (non-hydrogen) atoms. The number of rotatable bonds is 2. The zero-order valence-corrected chi connectivity index (χ0v) is 13.2. The maximum absolute atomic E-state index is 12.8. The lowest BCUT2D eigenvalue weighted by molar-refractivity contribution is -0.457. The van der Waals surface area contributed by atoms with Crippen LogP contribution in [0.25, 0.3) is 5.69 Å². The van der Waals surface area contributed by atoms with Crippen LogP contribution in [0.5, 0.6) is 0 Å². The summed E-state index contributed by atoms with van der Waals surface area (Å²) in [6.07, 6.45) is 4.56. The fraction of sp³-hybridized carbons (Fsp3) is 0.412. The fourth-order valence-corrected chi connectivity index (χ4v) is 2.90. The second-order valence-corrected chi connectivity index (χ2v) is 5.78. The molecule has 1 aromatic heterocycles. The molecule has 3 rings (SSSR count). The molecule has 0 aliphatic carbocycles. The van der Waals surface area contributed by atoms with Gasteiger partial charge in [-0.15, -0.1) is 0 Å². The van der Waals surface area contributed by atoms with E-state index in [0.717, 1.165) is 36.6 Å². The first kappa shape index (κ1) is 14.6. The summed E-state index contributed by atoms with van der Waals surface area (Å²) in [5, 5.41) is 3.34. The van der Waals surface area contributed by atoms with Gasteiger partial charge in [-0.25, -0.2) is 10.00 Å². The molecule has 5 nitrogen and oxygen atoms in total. The summed E-state index contributed by atoms with van der Waals surface area (Å²) in [6, 6.07) is 9.73. The van der Waals surface area contributed by atoms with Crippen LogP contribution in [0.4, 0.5) is 5.69 Å². The van der Waals surface area contributed by atoms with E-state index in [0.29, 0.717) is 5.69 Å². The van der Waals surface area contributed by atoms with Crippen molar-refractivity contribution < 1.29 is 4.99 Å². The number of nitrogens with zero attached hydrogens (tertiary/aromatic N) is 2. The number of anilines is 1. The summed E-state index contributed by atoms with van der Waals surface area (Å²) in [6.45, 7) is 2.95. The Balaban J connectivity index is 1.99. The Morgan fingerprint density at radius 3 is 2.68 bits per heavy atom. The van der Waals surface area contributed by atoms with Gasteiger partial charge in [0, 0.05) is 13.5 Å². The Bertz CT molecular complexity index is 740. The maximum Gasteiger partial charge on any atom is 0.318 e. The quantitative estimate of drug-likeness (QED) is 0.867. The molecule has 1 aliphatic heterocycles. The van der Waals surface area contributed by atoms with E-state index in [-0.39, 0.29) is 5.56 Å². The van der Waals surface area contributed by atoms with Crippen molar-refractivity contribution in [3.63, 3.8) is 0 Å². The van der Waals surface area contributed by atoms with Crippen molar-refractivity contribution in [3.8, 4) is 5.69 Å². The topological polar surface area (TPSA) is 52.9 Å². The SMILES string of the molecule is Cc1c(NC2=[NH+]CCCCC2)c(=O)n(-c2ccccc2)n1C. The van der Waals surface area contributed by atoms with Crippen LogP contribution in [0.3, 0.4) is 0 Å². The van der Waals surface area contributed by atoms with E-state index >= 15 is 0 Å². The molecule has 116 valence electrons. The summed E-state index contributed by atoms with van der Waals surface area (Å²) in [4.78, 5) is 16.2. The normalized spacial score (nSPS) is 15.3. The van der Waals surface area contributed by atoms with Gasteiger partial charge >= 0.3 is 5.56 Å². The van der Waals surface area contributed by atoms with E-state index in [1.54, 1.807) is 4.68 Å². The molecule has 2 heterocycles. The van der Waals surface area contributed by atoms with Crippen LogP contribution < -0.4 is 15.9 Å². The Kier molecular flexibility index (Phi) is 4.13. The first-order valence-electron chi connectivity index (χ1n) is 7.89. The Morgan fingerprint density at radius 1 is 1.14 bits per heavy atom. The van der Waals surface area contributed by atoms with E-state index < -0.39 is 0 Å². The molecule has 0 atom stereocenters. The summed E-state index contributed by atoms with van der Waals surface area (Å²) >= 11 is 0. The molecule has 0 unspecified atom stereocenters. The van der Waals surface area contributed by atoms with Crippen molar-refractivity contribution in [3.05, 3.63) is 46.4 Å². The van der Waals surface area contributed by atoms with Crippen LogP contribution in [0.15, 0.2) is 35.1 Å². The second-order valence-electron chi connectivity index (χ2n) is 5.78. The van der Waals surface area contributed by atoms with E-state index in [1.807, 2.05) is 49.0 Å². The van der Waals surface area contributed by atoms with Crippen LogP contribution >= 0.6 is 0 Å². The molecule has 0 saturated carbocycles. The largest absolute Gasteiger partial charge is 0.318 e. The molecular formula is C17H23N4O+. The van der Waals surface area contributed by atoms with E-state index in [9.17, 15) is 4.79 Å². The third-order valence-corrected chi connectivity index (χ3v) is 4.27. The lowest BCUT2D eigenvalue weighted by Gasteiger charge is -2.06. The van der Waals surface area contributed by atoms with Crippen LogP contribution in [0.1, 0.15) is 31.4 Å². The molecule has 0 spiro atoms. The smallest absolute Gasteiger partial charge is 0.281 e. The van der Waals surface area contributed by atoms with Crippen LogP contribution in [-0.2, 0) is 7.05 Å². The second kappa shape index (κ2) is 6.22. The third kappa shape index (κ3) is 2.71. The molecule has 0 amide bonds. The number of hydrogen-bond donors (Lipinski definition) is 2. The molecule has 5 heteroatoms. The minimum absolute atomic E-state index is 0.00949. The van der Waals surface area contributed by atoms with E-state index in [1.165, 1.54) is 12.8 Å². The first-order chi connectivity index (χ1) is 10.7. The summed E-state index contributed by atoms with van der Waals surface area (Å²) in [5.41, 5.74) is 2.47. The Hall–Kier alpha value is -2.30. The molecular weight excluding hydrogens is 276 g/mol. The van der Waals surface area contributed by atoms with E-state index in [2.05, 4.69) is 10.3 Å². The minimum atomic E-state index is -0.00949. The molecule has 2 aromatic rings. The monoisotopic (exact) mass is 299 g/mol. The van der Waals surface area contributed by atoms with Crippen molar-refractivity contribution in [2.75, 3.05) is 11.9 Å². The van der Waals surface area contributed by atoms with Gasteiger partial charge in [0.15, 0.2) is 0 Å². The molecule has 1 aromatic carbocycles. The predicted octanol–water partition coefficient (Wildman–Crippen LogP) is 0.949. The lowest BCUT2D eigenvalue weighted by atomic mass is 10.2.